The number of fused-ring (bicyclic) bond motifs is 1. The molecule has 2 N–H and O–H groups in total. The van der Waals surface area contributed by atoms with Crippen molar-refractivity contribution in [3.63, 3.8) is 0 Å². The third-order valence-electron chi connectivity index (χ3n) is 6.67. The van der Waals surface area contributed by atoms with Crippen LogP contribution in [0.25, 0.3) is 0 Å². The highest BCUT2D eigenvalue weighted by molar-refractivity contribution is 6.02. The molecule has 0 radical (unpaired) electrons. The van der Waals surface area contributed by atoms with E-state index in [1.807, 2.05) is 48.5 Å². The Labute approximate surface area is 195 Å². The monoisotopic (exact) mass is 445 g/mol. The number of benzene rings is 2. The fourth-order valence-corrected chi connectivity index (χ4v) is 5.04. The van der Waals surface area contributed by atoms with Gasteiger partial charge in [-0.05, 0) is 54.5 Å². The summed E-state index contributed by atoms with van der Waals surface area (Å²) >= 11 is 0. The summed E-state index contributed by atoms with van der Waals surface area (Å²) in [6.45, 7) is 4.44. The van der Waals surface area contributed by atoms with Crippen LogP contribution in [-0.2, 0) is 9.59 Å². The molecule has 1 atom stereocenters. The Morgan fingerprint density at radius 1 is 1.15 bits per heavy atom. The zero-order valence-corrected chi connectivity index (χ0v) is 19.5. The summed E-state index contributed by atoms with van der Waals surface area (Å²) in [4.78, 5) is 28.8. The molecular weight excluding hydrogens is 414 g/mol. The molecule has 2 aliphatic carbocycles. The quantitative estimate of drug-likeness (QED) is 0.704. The van der Waals surface area contributed by atoms with Crippen LogP contribution in [0, 0.1) is 5.41 Å². The van der Waals surface area contributed by atoms with Crippen LogP contribution < -0.4 is 20.3 Å². The van der Waals surface area contributed by atoms with Crippen molar-refractivity contribution in [3.8, 4) is 5.75 Å². The Kier molecular flexibility index (Phi) is 5.39. The smallest absolute Gasteiger partial charge is 0.239 e. The molecule has 6 nitrogen and oxygen atoms in total. The van der Waals surface area contributed by atoms with Crippen molar-refractivity contribution in [2.75, 3.05) is 23.9 Å². The second kappa shape index (κ2) is 8.25. The van der Waals surface area contributed by atoms with Gasteiger partial charge < -0.3 is 20.3 Å². The molecule has 33 heavy (non-hydrogen) atoms. The maximum absolute atomic E-state index is 13.6. The Bertz CT molecular complexity index is 1130. The lowest BCUT2D eigenvalue weighted by Gasteiger charge is -2.38. The highest BCUT2D eigenvalue weighted by Crippen LogP contribution is 2.48. The van der Waals surface area contributed by atoms with Crippen LogP contribution in [0.15, 0.2) is 59.8 Å². The van der Waals surface area contributed by atoms with E-state index in [1.54, 1.807) is 7.11 Å². The van der Waals surface area contributed by atoms with Crippen molar-refractivity contribution in [1.82, 2.24) is 5.32 Å². The topological polar surface area (TPSA) is 70.7 Å². The molecule has 1 amide bonds. The summed E-state index contributed by atoms with van der Waals surface area (Å²) in [5.41, 5.74) is 4.33. The van der Waals surface area contributed by atoms with Gasteiger partial charge in [0.2, 0.25) is 5.91 Å². The van der Waals surface area contributed by atoms with E-state index >= 15 is 0 Å². The summed E-state index contributed by atoms with van der Waals surface area (Å²) in [6, 6.07) is 15.7. The number of carbonyl (C=O) groups excluding carboxylic acids is 2. The second-order valence-corrected chi connectivity index (χ2v) is 10.1. The molecule has 2 aromatic rings. The van der Waals surface area contributed by atoms with E-state index < -0.39 is 0 Å². The largest absolute Gasteiger partial charge is 0.497 e. The minimum Gasteiger partial charge on any atom is -0.497 e. The number of nitrogens with zero attached hydrogens (tertiary/aromatic N) is 1. The molecule has 1 saturated carbocycles. The number of anilines is 2. The van der Waals surface area contributed by atoms with Gasteiger partial charge in [-0.25, -0.2) is 0 Å². The Morgan fingerprint density at radius 3 is 2.70 bits per heavy atom. The number of allylic oxidation sites excluding steroid dienone is 1. The van der Waals surface area contributed by atoms with E-state index in [9.17, 15) is 9.59 Å². The molecule has 1 aliphatic heterocycles. The van der Waals surface area contributed by atoms with Gasteiger partial charge in [0.25, 0.3) is 0 Å². The first-order valence-corrected chi connectivity index (χ1v) is 11.7. The van der Waals surface area contributed by atoms with Crippen LogP contribution in [-0.4, -0.2) is 31.4 Å². The van der Waals surface area contributed by atoms with E-state index in [0.717, 1.165) is 53.2 Å². The number of hydrogen-bond acceptors (Lipinski definition) is 5. The van der Waals surface area contributed by atoms with Crippen LogP contribution >= 0.6 is 0 Å². The van der Waals surface area contributed by atoms with E-state index in [2.05, 4.69) is 29.4 Å². The van der Waals surface area contributed by atoms with Gasteiger partial charge in [-0.1, -0.05) is 38.1 Å². The summed E-state index contributed by atoms with van der Waals surface area (Å²) in [7, 11) is 1.64. The number of carbonyl (C=O) groups is 2. The van der Waals surface area contributed by atoms with Crippen molar-refractivity contribution >= 4 is 23.1 Å². The van der Waals surface area contributed by atoms with E-state index in [4.69, 9.17) is 4.74 Å². The standard InChI is InChI=1S/C27H31N3O3/c1-27(2)14-21-25(23(31)15-27)26(17-7-6-8-19(13-17)33-3)30(16-24(32)28-18-11-12-18)22-10-5-4-9-20(22)29-21/h4-10,13,18,26,29H,11-12,14-16H2,1-3H3,(H,28,32). The van der Waals surface area contributed by atoms with Crippen LogP contribution in [0.2, 0.25) is 0 Å². The lowest BCUT2D eigenvalue weighted by Crippen LogP contribution is -2.42. The number of para-hydroxylation sites is 2. The number of rotatable bonds is 5. The van der Waals surface area contributed by atoms with Gasteiger partial charge in [-0.2, -0.15) is 0 Å². The summed E-state index contributed by atoms with van der Waals surface area (Å²) in [5.74, 6) is 0.834. The average Bonchev–Trinajstić information content (AvgIpc) is 3.59. The van der Waals surface area contributed by atoms with Gasteiger partial charge in [0.05, 0.1) is 31.1 Å². The third-order valence-corrected chi connectivity index (χ3v) is 6.67. The van der Waals surface area contributed by atoms with Crippen LogP contribution in [0.3, 0.4) is 0 Å². The van der Waals surface area contributed by atoms with Crippen molar-refractivity contribution in [1.29, 1.82) is 0 Å². The molecule has 0 saturated heterocycles. The highest BCUT2D eigenvalue weighted by atomic mass is 16.5. The lowest BCUT2D eigenvalue weighted by molar-refractivity contribution is -0.120. The first kappa shape index (κ1) is 21.6. The van der Waals surface area contributed by atoms with Gasteiger partial charge in [-0.3, -0.25) is 9.59 Å². The molecule has 0 aromatic heterocycles. The van der Waals surface area contributed by atoms with Crippen molar-refractivity contribution in [3.05, 3.63) is 65.4 Å². The number of Topliss-reactive ketones (excluding diaryl/α,β-unsaturated/α-hetero) is 1. The number of methoxy groups -OCH3 is 1. The number of ether oxygens (including phenoxy) is 1. The molecule has 172 valence electrons. The zero-order chi connectivity index (χ0) is 23.2. The van der Waals surface area contributed by atoms with Crippen molar-refractivity contribution < 1.29 is 14.3 Å². The van der Waals surface area contributed by atoms with Gasteiger partial charge in [0.1, 0.15) is 5.75 Å². The molecular formula is C27H31N3O3. The molecule has 5 rings (SSSR count). The molecule has 2 aromatic carbocycles. The maximum Gasteiger partial charge on any atom is 0.239 e. The highest BCUT2D eigenvalue weighted by Gasteiger charge is 2.42. The molecule has 1 fully saturated rings. The first-order chi connectivity index (χ1) is 15.8. The van der Waals surface area contributed by atoms with Gasteiger partial charge in [0, 0.05) is 23.7 Å². The zero-order valence-electron chi connectivity index (χ0n) is 19.5. The molecule has 3 aliphatic rings. The Balaban J connectivity index is 1.68. The number of amides is 1. The van der Waals surface area contributed by atoms with Crippen LogP contribution in [0.5, 0.6) is 5.75 Å². The molecule has 6 heteroatoms. The summed E-state index contributed by atoms with van der Waals surface area (Å²) in [6.07, 6.45) is 3.32. The molecule has 1 unspecified atom stereocenters. The van der Waals surface area contributed by atoms with Crippen molar-refractivity contribution in [2.24, 2.45) is 5.41 Å². The lowest BCUT2D eigenvalue weighted by atomic mass is 9.73. The number of hydrogen-bond donors (Lipinski definition) is 2. The minimum absolute atomic E-state index is 0.0205. The fourth-order valence-electron chi connectivity index (χ4n) is 5.04. The summed E-state index contributed by atoms with van der Waals surface area (Å²) < 4.78 is 5.51. The van der Waals surface area contributed by atoms with Gasteiger partial charge >= 0.3 is 0 Å². The third kappa shape index (κ3) is 4.34. The molecule has 0 spiro atoms. The molecule has 1 heterocycles. The van der Waals surface area contributed by atoms with Gasteiger partial charge in [0.15, 0.2) is 5.78 Å². The maximum atomic E-state index is 13.6. The SMILES string of the molecule is COc1cccc(C2C3=C(CC(C)(C)CC3=O)Nc3ccccc3N2CC(=O)NC2CC2)c1. The normalized spacial score (nSPS) is 21.5. The second-order valence-electron chi connectivity index (χ2n) is 10.1. The summed E-state index contributed by atoms with van der Waals surface area (Å²) in [5, 5.41) is 6.70. The van der Waals surface area contributed by atoms with E-state index in [1.165, 1.54) is 0 Å². The van der Waals surface area contributed by atoms with Gasteiger partial charge in [-0.15, -0.1) is 0 Å². The van der Waals surface area contributed by atoms with E-state index in [-0.39, 0.29) is 35.7 Å². The van der Waals surface area contributed by atoms with Crippen molar-refractivity contribution in [2.45, 2.75) is 51.6 Å². The van der Waals surface area contributed by atoms with E-state index in [0.29, 0.717) is 6.42 Å². The first-order valence-electron chi connectivity index (χ1n) is 11.7. The number of ketones is 1. The Morgan fingerprint density at radius 2 is 1.94 bits per heavy atom. The average molecular weight is 446 g/mol. The fraction of sp³-hybridized carbons (Fsp3) is 0.407. The predicted octanol–water partition coefficient (Wildman–Crippen LogP) is 4.59. The van der Waals surface area contributed by atoms with Crippen LogP contribution in [0.4, 0.5) is 11.4 Å². The van der Waals surface area contributed by atoms with Crippen LogP contribution in [0.1, 0.15) is 51.1 Å². The molecule has 0 bridgehead atoms. The number of nitrogens with one attached hydrogen (secondary N) is 2. The minimum atomic E-state index is -0.389. The Hall–Kier alpha value is -3.28. The predicted molar refractivity (Wildman–Crippen MR) is 129 cm³/mol.